The summed E-state index contributed by atoms with van der Waals surface area (Å²) in [6, 6.07) is 14.4. The molecule has 2 aliphatic rings. The van der Waals surface area contributed by atoms with Crippen LogP contribution in [0.15, 0.2) is 48.5 Å². The van der Waals surface area contributed by atoms with E-state index in [9.17, 15) is 14.7 Å². The van der Waals surface area contributed by atoms with Crippen LogP contribution in [0.25, 0.3) is 0 Å². The van der Waals surface area contributed by atoms with Gasteiger partial charge in [0.05, 0.1) is 30.7 Å². The number of hydrogen-bond acceptors (Lipinski definition) is 4. The maximum atomic E-state index is 13.4. The van der Waals surface area contributed by atoms with Crippen LogP contribution in [-0.2, 0) is 16.1 Å². The van der Waals surface area contributed by atoms with E-state index in [0.717, 1.165) is 24.0 Å². The molecule has 1 saturated heterocycles. The lowest BCUT2D eigenvalue weighted by Crippen LogP contribution is -2.42. The third-order valence-electron chi connectivity index (χ3n) is 5.40. The lowest BCUT2D eigenvalue weighted by Gasteiger charge is -2.34. The van der Waals surface area contributed by atoms with Gasteiger partial charge < -0.3 is 19.5 Å². The second kappa shape index (κ2) is 8.02. The number of carbonyl (C=O) groups is 2. The molecule has 1 amide bonds. The van der Waals surface area contributed by atoms with Gasteiger partial charge in [0.2, 0.25) is 5.91 Å². The Morgan fingerprint density at radius 2 is 1.89 bits per heavy atom. The number of nitrogens with zero attached hydrogens (tertiary/aromatic N) is 1. The molecule has 6 heteroatoms. The lowest BCUT2D eigenvalue weighted by molar-refractivity contribution is -0.143. The Morgan fingerprint density at radius 3 is 2.61 bits per heavy atom. The second-order valence-electron chi connectivity index (χ2n) is 7.25. The highest BCUT2D eigenvalue weighted by Crippen LogP contribution is 2.34. The summed E-state index contributed by atoms with van der Waals surface area (Å²) >= 11 is 0. The molecular formula is C22H23NO5. The maximum Gasteiger partial charge on any atom is 0.335 e. The van der Waals surface area contributed by atoms with E-state index in [2.05, 4.69) is 0 Å². The monoisotopic (exact) mass is 381 g/mol. The molecule has 2 heterocycles. The third-order valence-corrected chi connectivity index (χ3v) is 5.40. The summed E-state index contributed by atoms with van der Waals surface area (Å²) in [5.41, 5.74) is 1.99. The minimum atomic E-state index is -0.998. The van der Waals surface area contributed by atoms with Crippen molar-refractivity contribution in [2.45, 2.75) is 25.4 Å². The fraction of sp³-hybridized carbons (Fsp3) is 0.364. The van der Waals surface area contributed by atoms with Crippen molar-refractivity contribution in [1.82, 2.24) is 4.90 Å². The number of ether oxygens (including phenoxy) is 2. The van der Waals surface area contributed by atoms with Crippen LogP contribution in [0.1, 0.15) is 40.4 Å². The van der Waals surface area contributed by atoms with Crippen molar-refractivity contribution in [3.05, 3.63) is 65.2 Å². The van der Waals surface area contributed by atoms with Crippen molar-refractivity contribution in [3.8, 4) is 5.75 Å². The number of fused-ring (bicyclic) bond motifs is 1. The van der Waals surface area contributed by atoms with Gasteiger partial charge in [-0.25, -0.2) is 4.79 Å². The summed E-state index contributed by atoms with van der Waals surface area (Å²) in [4.78, 5) is 26.5. The highest BCUT2D eigenvalue weighted by molar-refractivity contribution is 5.88. The van der Waals surface area contributed by atoms with Crippen LogP contribution in [0.2, 0.25) is 0 Å². The molecule has 2 aromatic carbocycles. The smallest absolute Gasteiger partial charge is 0.335 e. The molecule has 1 fully saturated rings. The van der Waals surface area contributed by atoms with Gasteiger partial charge >= 0.3 is 5.97 Å². The van der Waals surface area contributed by atoms with Gasteiger partial charge in [-0.05, 0) is 30.5 Å². The molecule has 1 N–H and O–H groups in total. The third kappa shape index (κ3) is 3.73. The van der Waals surface area contributed by atoms with Gasteiger partial charge in [0.1, 0.15) is 12.4 Å². The Labute approximate surface area is 163 Å². The predicted molar refractivity (Wildman–Crippen MR) is 102 cm³/mol. The van der Waals surface area contributed by atoms with Gasteiger partial charge in [0.15, 0.2) is 0 Å². The molecular weight excluding hydrogens is 358 g/mol. The van der Waals surface area contributed by atoms with Gasteiger partial charge in [-0.3, -0.25) is 4.79 Å². The van der Waals surface area contributed by atoms with E-state index >= 15 is 0 Å². The molecule has 2 atom stereocenters. The SMILES string of the molecule is O=C(O)c1ccc2c(c1)OCC(c1ccccc1)N(C(=O)C1CCCOC1)C2. The summed E-state index contributed by atoms with van der Waals surface area (Å²) in [6.07, 6.45) is 1.71. The lowest BCUT2D eigenvalue weighted by atomic mass is 9.97. The molecule has 0 aromatic heterocycles. The van der Waals surface area contributed by atoms with Gasteiger partial charge in [-0.15, -0.1) is 0 Å². The summed E-state index contributed by atoms with van der Waals surface area (Å²) in [5.74, 6) is -0.564. The Balaban J connectivity index is 1.69. The summed E-state index contributed by atoms with van der Waals surface area (Å²) in [5, 5.41) is 9.26. The summed E-state index contributed by atoms with van der Waals surface area (Å²) < 4.78 is 11.5. The first-order valence-electron chi connectivity index (χ1n) is 9.55. The fourth-order valence-corrected chi connectivity index (χ4v) is 3.86. The zero-order chi connectivity index (χ0) is 19.5. The fourth-order valence-electron chi connectivity index (χ4n) is 3.86. The van der Waals surface area contributed by atoms with Crippen LogP contribution in [-0.4, -0.2) is 41.7 Å². The number of amides is 1. The van der Waals surface area contributed by atoms with Crippen LogP contribution < -0.4 is 4.74 Å². The van der Waals surface area contributed by atoms with E-state index in [4.69, 9.17) is 9.47 Å². The van der Waals surface area contributed by atoms with E-state index in [1.807, 2.05) is 35.2 Å². The van der Waals surface area contributed by atoms with E-state index in [1.165, 1.54) is 6.07 Å². The zero-order valence-corrected chi connectivity index (χ0v) is 15.5. The molecule has 6 nitrogen and oxygen atoms in total. The number of benzene rings is 2. The summed E-state index contributed by atoms with van der Waals surface area (Å²) in [6.45, 7) is 1.81. The van der Waals surface area contributed by atoms with E-state index in [1.54, 1.807) is 12.1 Å². The number of carbonyl (C=O) groups excluding carboxylic acids is 1. The van der Waals surface area contributed by atoms with Crippen molar-refractivity contribution < 1.29 is 24.2 Å². The van der Waals surface area contributed by atoms with Crippen LogP contribution >= 0.6 is 0 Å². The number of carboxylic acid groups (broad SMARTS) is 1. The molecule has 28 heavy (non-hydrogen) atoms. The first-order valence-corrected chi connectivity index (χ1v) is 9.55. The highest BCUT2D eigenvalue weighted by Gasteiger charge is 2.34. The van der Waals surface area contributed by atoms with E-state index < -0.39 is 5.97 Å². The van der Waals surface area contributed by atoms with Crippen LogP contribution in [0.3, 0.4) is 0 Å². The number of carboxylic acids is 1. The topological polar surface area (TPSA) is 76.1 Å². The Hall–Kier alpha value is -2.86. The quantitative estimate of drug-likeness (QED) is 0.883. The van der Waals surface area contributed by atoms with Crippen LogP contribution in [0.4, 0.5) is 0 Å². The number of aromatic carboxylic acids is 1. The Kier molecular flexibility index (Phi) is 5.30. The molecule has 0 aliphatic carbocycles. The van der Waals surface area contributed by atoms with Crippen molar-refractivity contribution >= 4 is 11.9 Å². The van der Waals surface area contributed by atoms with Gasteiger partial charge in [0.25, 0.3) is 0 Å². The maximum absolute atomic E-state index is 13.4. The Bertz CT molecular complexity index is 860. The molecule has 2 aromatic rings. The van der Waals surface area contributed by atoms with E-state index in [0.29, 0.717) is 25.5 Å². The predicted octanol–water partition coefficient (Wildman–Crippen LogP) is 3.27. The van der Waals surface area contributed by atoms with Gasteiger partial charge in [0, 0.05) is 12.2 Å². The zero-order valence-electron chi connectivity index (χ0n) is 15.5. The minimum absolute atomic E-state index is 0.0623. The average Bonchev–Trinajstić information content (AvgIpc) is 2.93. The van der Waals surface area contributed by atoms with Crippen molar-refractivity contribution in [1.29, 1.82) is 0 Å². The van der Waals surface area contributed by atoms with Crippen LogP contribution in [0, 0.1) is 5.92 Å². The summed E-state index contributed by atoms with van der Waals surface area (Å²) in [7, 11) is 0. The average molecular weight is 381 g/mol. The Morgan fingerprint density at radius 1 is 1.07 bits per heavy atom. The van der Waals surface area contributed by atoms with Gasteiger partial charge in [-0.1, -0.05) is 36.4 Å². The second-order valence-corrected chi connectivity index (χ2v) is 7.25. The first kappa shape index (κ1) is 18.5. The van der Waals surface area contributed by atoms with Crippen molar-refractivity contribution in [2.75, 3.05) is 19.8 Å². The van der Waals surface area contributed by atoms with Crippen molar-refractivity contribution in [2.24, 2.45) is 5.92 Å². The molecule has 2 unspecified atom stereocenters. The standard InChI is InChI=1S/C22H23NO5/c24-21(18-7-4-10-27-13-18)23-12-17-9-8-16(22(25)26)11-20(17)28-14-19(23)15-5-2-1-3-6-15/h1-3,5-6,8-9,11,18-19H,4,7,10,12-14H2,(H,25,26). The molecule has 146 valence electrons. The van der Waals surface area contributed by atoms with Crippen LogP contribution in [0.5, 0.6) is 5.75 Å². The molecule has 0 radical (unpaired) electrons. The van der Waals surface area contributed by atoms with Gasteiger partial charge in [-0.2, -0.15) is 0 Å². The molecule has 0 saturated carbocycles. The number of hydrogen-bond donors (Lipinski definition) is 1. The first-order chi connectivity index (χ1) is 13.6. The normalized spacial score (nSPS) is 21.9. The minimum Gasteiger partial charge on any atom is -0.491 e. The largest absolute Gasteiger partial charge is 0.491 e. The molecule has 0 spiro atoms. The highest BCUT2D eigenvalue weighted by atomic mass is 16.5. The van der Waals surface area contributed by atoms with E-state index in [-0.39, 0.29) is 30.0 Å². The molecule has 0 bridgehead atoms. The molecule has 2 aliphatic heterocycles. The van der Waals surface area contributed by atoms with Crippen molar-refractivity contribution in [3.63, 3.8) is 0 Å². The number of rotatable bonds is 3. The molecule has 4 rings (SSSR count).